The molecule has 0 radical (unpaired) electrons. The van der Waals surface area contributed by atoms with Crippen molar-refractivity contribution in [3.8, 4) is 11.3 Å². The van der Waals surface area contributed by atoms with Crippen LogP contribution in [0.15, 0.2) is 30.3 Å². The molecule has 0 aliphatic heterocycles. The van der Waals surface area contributed by atoms with Crippen molar-refractivity contribution in [1.29, 1.82) is 0 Å². The van der Waals surface area contributed by atoms with Crippen LogP contribution in [0.25, 0.3) is 17.3 Å². The molecule has 4 heteroatoms. The Morgan fingerprint density at radius 1 is 1.16 bits per heavy atom. The number of halogens is 1. The van der Waals surface area contributed by atoms with Gasteiger partial charge >= 0.3 is 0 Å². The largest absolute Gasteiger partial charge is 0.392 e. The van der Waals surface area contributed by atoms with Gasteiger partial charge in [-0.2, -0.15) is 0 Å². The highest BCUT2D eigenvalue weighted by Crippen LogP contribution is 2.25. The fraction of sp³-hybridized carbons (Fsp3) is 0.200. The lowest BCUT2D eigenvalue weighted by molar-refractivity contribution is 0.343. The molecule has 1 heterocycles. The second-order valence-electron chi connectivity index (χ2n) is 4.21. The summed E-state index contributed by atoms with van der Waals surface area (Å²) in [5, 5.41) is 8.89. The van der Waals surface area contributed by atoms with E-state index >= 15 is 0 Å². The molecular weight excluding hydrogens is 243 g/mol. The standard InChI is InChI=1S/C15H15FN2O/c1-10-14(4-3-9-19)15(18-11(2)17-10)12-5-7-13(16)8-6-12/h3-8,19H,9H2,1-2H3/b4-3+. The minimum Gasteiger partial charge on any atom is -0.392 e. The molecule has 19 heavy (non-hydrogen) atoms. The van der Waals surface area contributed by atoms with Crippen molar-refractivity contribution in [2.24, 2.45) is 0 Å². The van der Waals surface area contributed by atoms with Gasteiger partial charge in [-0.15, -0.1) is 0 Å². The molecule has 3 nitrogen and oxygen atoms in total. The Morgan fingerprint density at radius 3 is 2.47 bits per heavy atom. The van der Waals surface area contributed by atoms with Crippen LogP contribution in [-0.4, -0.2) is 21.7 Å². The number of benzene rings is 1. The zero-order valence-electron chi connectivity index (χ0n) is 10.9. The van der Waals surface area contributed by atoms with E-state index in [0.717, 1.165) is 22.5 Å². The third-order valence-corrected chi connectivity index (χ3v) is 2.76. The lowest BCUT2D eigenvalue weighted by Crippen LogP contribution is -1.99. The first-order valence-corrected chi connectivity index (χ1v) is 6.00. The van der Waals surface area contributed by atoms with Crippen molar-refractivity contribution in [3.63, 3.8) is 0 Å². The van der Waals surface area contributed by atoms with Crippen LogP contribution in [0, 0.1) is 19.7 Å². The first-order chi connectivity index (χ1) is 9.11. The van der Waals surface area contributed by atoms with Crippen molar-refractivity contribution in [2.45, 2.75) is 13.8 Å². The lowest BCUT2D eigenvalue weighted by Gasteiger charge is -2.09. The molecular formula is C15H15FN2O. The fourth-order valence-corrected chi connectivity index (χ4v) is 1.92. The third-order valence-electron chi connectivity index (χ3n) is 2.76. The summed E-state index contributed by atoms with van der Waals surface area (Å²) >= 11 is 0. The van der Waals surface area contributed by atoms with E-state index in [0.29, 0.717) is 5.82 Å². The highest BCUT2D eigenvalue weighted by atomic mass is 19.1. The topological polar surface area (TPSA) is 46.0 Å². The predicted octanol–water partition coefficient (Wildman–Crippen LogP) is 2.91. The summed E-state index contributed by atoms with van der Waals surface area (Å²) in [6.45, 7) is 3.66. The van der Waals surface area contributed by atoms with Gasteiger partial charge in [0.1, 0.15) is 11.6 Å². The molecule has 1 aromatic carbocycles. The SMILES string of the molecule is Cc1nc(C)c(/C=C/CO)c(-c2ccc(F)cc2)n1. The van der Waals surface area contributed by atoms with Crippen LogP contribution >= 0.6 is 0 Å². The van der Waals surface area contributed by atoms with Crippen molar-refractivity contribution in [1.82, 2.24) is 9.97 Å². The summed E-state index contributed by atoms with van der Waals surface area (Å²) < 4.78 is 13.0. The number of aryl methyl sites for hydroxylation is 2. The van der Waals surface area contributed by atoms with Crippen LogP contribution in [0.2, 0.25) is 0 Å². The number of hydrogen-bond donors (Lipinski definition) is 1. The Balaban J connectivity index is 2.60. The summed E-state index contributed by atoms with van der Waals surface area (Å²) in [4.78, 5) is 8.73. The van der Waals surface area contributed by atoms with Crippen LogP contribution < -0.4 is 0 Å². The van der Waals surface area contributed by atoms with E-state index in [1.807, 2.05) is 13.8 Å². The summed E-state index contributed by atoms with van der Waals surface area (Å²) in [6.07, 6.45) is 3.42. The van der Waals surface area contributed by atoms with E-state index in [4.69, 9.17) is 5.11 Å². The van der Waals surface area contributed by atoms with E-state index in [-0.39, 0.29) is 12.4 Å². The summed E-state index contributed by atoms with van der Waals surface area (Å²) in [7, 11) is 0. The van der Waals surface area contributed by atoms with E-state index in [2.05, 4.69) is 9.97 Å². The normalized spacial score (nSPS) is 11.2. The molecule has 0 fully saturated rings. The van der Waals surface area contributed by atoms with E-state index < -0.39 is 0 Å². The van der Waals surface area contributed by atoms with Gasteiger partial charge in [0.25, 0.3) is 0 Å². The quantitative estimate of drug-likeness (QED) is 0.920. The van der Waals surface area contributed by atoms with Crippen molar-refractivity contribution in [2.75, 3.05) is 6.61 Å². The second-order valence-corrected chi connectivity index (χ2v) is 4.21. The van der Waals surface area contributed by atoms with E-state index in [9.17, 15) is 4.39 Å². The smallest absolute Gasteiger partial charge is 0.126 e. The number of aromatic nitrogens is 2. The molecule has 2 aromatic rings. The number of aliphatic hydroxyl groups excluding tert-OH is 1. The van der Waals surface area contributed by atoms with Gasteiger partial charge in [0.05, 0.1) is 12.3 Å². The van der Waals surface area contributed by atoms with E-state index in [1.165, 1.54) is 12.1 Å². The predicted molar refractivity (Wildman–Crippen MR) is 73.0 cm³/mol. The number of nitrogens with zero attached hydrogens (tertiary/aromatic N) is 2. The van der Waals surface area contributed by atoms with Crippen LogP contribution in [-0.2, 0) is 0 Å². The van der Waals surface area contributed by atoms with Gasteiger partial charge < -0.3 is 5.11 Å². The van der Waals surface area contributed by atoms with Gasteiger partial charge in [0.15, 0.2) is 0 Å². The molecule has 0 aliphatic carbocycles. The van der Waals surface area contributed by atoms with Gasteiger partial charge in [-0.05, 0) is 38.1 Å². The van der Waals surface area contributed by atoms with Gasteiger partial charge in [-0.25, -0.2) is 14.4 Å². The Hall–Kier alpha value is -2.07. The third kappa shape index (κ3) is 3.03. The molecule has 2 rings (SSSR count). The molecule has 0 bridgehead atoms. The minimum absolute atomic E-state index is 0.0455. The van der Waals surface area contributed by atoms with Crippen LogP contribution in [0.5, 0.6) is 0 Å². The molecule has 0 atom stereocenters. The first-order valence-electron chi connectivity index (χ1n) is 6.00. The Labute approximate surface area is 111 Å². The zero-order chi connectivity index (χ0) is 13.8. The van der Waals surface area contributed by atoms with Crippen molar-refractivity contribution >= 4 is 6.08 Å². The number of hydrogen-bond acceptors (Lipinski definition) is 3. The monoisotopic (exact) mass is 258 g/mol. The Kier molecular flexibility index (Phi) is 4.02. The second kappa shape index (κ2) is 5.71. The van der Waals surface area contributed by atoms with Crippen LogP contribution in [0.3, 0.4) is 0 Å². The minimum atomic E-state index is -0.279. The zero-order valence-corrected chi connectivity index (χ0v) is 10.9. The summed E-state index contributed by atoms with van der Waals surface area (Å²) in [5.74, 6) is 0.386. The van der Waals surface area contributed by atoms with Gasteiger partial charge in [0.2, 0.25) is 0 Å². The van der Waals surface area contributed by atoms with Gasteiger partial charge in [-0.3, -0.25) is 0 Å². The average Bonchev–Trinajstić information content (AvgIpc) is 2.38. The molecule has 0 saturated heterocycles. The highest BCUT2D eigenvalue weighted by Gasteiger charge is 2.10. The lowest BCUT2D eigenvalue weighted by atomic mass is 10.0. The van der Waals surface area contributed by atoms with Crippen molar-refractivity contribution < 1.29 is 9.50 Å². The molecule has 0 amide bonds. The molecule has 0 aliphatic rings. The van der Waals surface area contributed by atoms with E-state index in [1.54, 1.807) is 24.3 Å². The van der Waals surface area contributed by atoms with Crippen molar-refractivity contribution in [3.05, 3.63) is 53.2 Å². The Morgan fingerprint density at radius 2 is 1.84 bits per heavy atom. The van der Waals surface area contributed by atoms with Crippen LogP contribution in [0.4, 0.5) is 4.39 Å². The van der Waals surface area contributed by atoms with Crippen LogP contribution in [0.1, 0.15) is 17.1 Å². The molecule has 1 aromatic heterocycles. The molecule has 98 valence electrons. The number of aliphatic hydroxyl groups is 1. The van der Waals surface area contributed by atoms with Gasteiger partial charge in [-0.1, -0.05) is 12.2 Å². The fourth-order valence-electron chi connectivity index (χ4n) is 1.92. The molecule has 1 N–H and O–H groups in total. The average molecular weight is 258 g/mol. The Bertz CT molecular complexity index is 606. The van der Waals surface area contributed by atoms with Gasteiger partial charge in [0, 0.05) is 16.8 Å². The first kappa shape index (κ1) is 13.4. The molecule has 0 saturated carbocycles. The summed E-state index contributed by atoms with van der Waals surface area (Å²) in [6, 6.07) is 6.18. The summed E-state index contributed by atoms with van der Waals surface area (Å²) in [5.41, 5.74) is 3.24. The highest BCUT2D eigenvalue weighted by molar-refractivity contribution is 5.73. The number of rotatable bonds is 3. The maximum absolute atomic E-state index is 13.0. The molecule has 0 unspecified atom stereocenters. The maximum Gasteiger partial charge on any atom is 0.126 e. The maximum atomic E-state index is 13.0. The molecule has 0 spiro atoms.